The van der Waals surface area contributed by atoms with E-state index in [9.17, 15) is 17.6 Å². The first-order chi connectivity index (χ1) is 12.9. The molecule has 0 bridgehead atoms. The maximum atomic E-state index is 13.5. The lowest BCUT2D eigenvalue weighted by molar-refractivity contribution is -0.137. The van der Waals surface area contributed by atoms with Crippen LogP contribution in [0.3, 0.4) is 0 Å². The Morgan fingerprint density at radius 2 is 1.85 bits per heavy atom. The van der Waals surface area contributed by atoms with Gasteiger partial charge in [0.1, 0.15) is 17.2 Å². The van der Waals surface area contributed by atoms with Crippen molar-refractivity contribution >= 4 is 6.21 Å². The summed E-state index contributed by atoms with van der Waals surface area (Å²) in [5, 5.41) is 10.6. The van der Waals surface area contributed by atoms with Crippen LogP contribution in [0.2, 0.25) is 0 Å². The molecule has 0 spiro atoms. The SMILES string of the molecule is C/N=C\c1[nH]nnc1-c1cccc(CCc2cc(F)cc(C(F)(F)F)c2)c1. The Morgan fingerprint density at radius 1 is 1.07 bits per heavy atom. The first kappa shape index (κ1) is 18.8. The van der Waals surface area contributed by atoms with Gasteiger partial charge in [0, 0.05) is 18.8 Å². The van der Waals surface area contributed by atoms with E-state index in [0.717, 1.165) is 23.3 Å². The number of aromatic nitrogens is 3. The monoisotopic (exact) mass is 376 g/mol. The lowest BCUT2D eigenvalue weighted by Gasteiger charge is -2.10. The Balaban J connectivity index is 1.80. The summed E-state index contributed by atoms with van der Waals surface area (Å²) >= 11 is 0. The van der Waals surface area contributed by atoms with Crippen LogP contribution in [0, 0.1) is 5.82 Å². The number of rotatable bonds is 5. The molecule has 140 valence electrons. The molecule has 0 saturated carbocycles. The topological polar surface area (TPSA) is 53.9 Å². The van der Waals surface area contributed by atoms with E-state index >= 15 is 0 Å². The van der Waals surface area contributed by atoms with Crippen molar-refractivity contribution in [3.05, 3.63) is 70.7 Å². The molecule has 3 rings (SSSR count). The second-order valence-corrected chi connectivity index (χ2v) is 6.01. The Kier molecular flexibility index (Phi) is 5.34. The number of benzene rings is 2. The van der Waals surface area contributed by atoms with Crippen molar-refractivity contribution in [1.82, 2.24) is 15.4 Å². The Labute approximate surface area is 153 Å². The molecule has 0 radical (unpaired) electrons. The maximum Gasteiger partial charge on any atom is 0.416 e. The van der Waals surface area contributed by atoms with Gasteiger partial charge in [0.05, 0.1) is 5.56 Å². The Morgan fingerprint density at radius 3 is 2.59 bits per heavy atom. The summed E-state index contributed by atoms with van der Waals surface area (Å²) in [5.41, 5.74) is 2.33. The zero-order chi connectivity index (χ0) is 19.4. The Bertz CT molecular complexity index is 960. The summed E-state index contributed by atoms with van der Waals surface area (Å²) in [6, 6.07) is 10.1. The van der Waals surface area contributed by atoms with Gasteiger partial charge in [-0.15, -0.1) is 5.10 Å². The lowest BCUT2D eigenvalue weighted by atomic mass is 9.99. The van der Waals surface area contributed by atoms with Crippen LogP contribution in [0.25, 0.3) is 11.3 Å². The molecular weight excluding hydrogens is 360 g/mol. The summed E-state index contributed by atoms with van der Waals surface area (Å²) < 4.78 is 52.0. The fourth-order valence-corrected chi connectivity index (χ4v) is 2.79. The maximum absolute atomic E-state index is 13.5. The summed E-state index contributed by atoms with van der Waals surface area (Å²) in [5.74, 6) is -0.889. The van der Waals surface area contributed by atoms with Gasteiger partial charge in [-0.1, -0.05) is 23.4 Å². The molecule has 0 aliphatic carbocycles. The third kappa shape index (κ3) is 4.58. The number of hydrogen-bond acceptors (Lipinski definition) is 3. The van der Waals surface area contributed by atoms with Gasteiger partial charge < -0.3 is 0 Å². The van der Waals surface area contributed by atoms with E-state index in [1.165, 1.54) is 0 Å². The third-order valence-corrected chi connectivity index (χ3v) is 4.02. The lowest BCUT2D eigenvalue weighted by Crippen LogP contribution is -2.06. The van der Waals surface area contributed by atoms with Gasteiger partial charge >= 0.3 is 6.18 Å². The molecule has 0 unspecified atom stereocenters. The molecular formula is C19H16F4N4. The van der Waals surface area contributed by atoms with Crippen LogP contribution in [-0.2, 0) is 19.0 Å². The number of nitrogens with zero attached hydrogens (tertiary/aromatic N) is 3. The van der Waals surface area contributed by atoms with Crippen LogP contribution in [0.5, 0.6) is 0 Å². The van der Waals surface area contributed by atoms with E-state index in [2.05, 4.69) is 20.4 Å². The number of hydrogen-bond donors (Lipinski definition) is 1. The van der Waals surface area contributed by atoms with E-state index < -0.39 is 17.6 Å². The zero-order valence-electron chi connectivity index (χ0n) is 14.4. The molecule has 1 N–H and O–H groups in total. The first-order valence-corrected chi connectivity index (χ1v) is 8.16. The van der Waals surface area contributed by atoms with Gasteiger partial charge in [0.15, 0.2) is 0 Å². The molecule has 1 heterocycles. The highest BCUT2D eigenvalue weighted by atomic mass is 19.4. The van der Waals surface area contributed by atoms with Crippen molar-refractivity contribution < 1.29 is 17.6 Å². The van der Waals surface area contributed by atoms with Crippen LogP contribution < -0.4 is 0 Å². The van der Waals surface area contributed by atoms with Gasteiger partial charge in [-0.2, -0.15) is 13.2 Å². The first-order valence-electron chi connectivity index (χ1n) is 8.16. The fraction of sp³-hybridized carbons (Fsp3) is 0.211. The van der Waals surface area contributed by atoms with Crippen molar-refractivity contribution in [2.24, 2.45) is 4.99 Å². The second kappa shape index (κ2) is 7.69. The molecule has 0 aliphatic heterocycles. The summed E-state index contributed by atoms with van der Waals surface area (Å²) in [4.78, 5) is 3.94. The number of aromatic amines is 1. The van der Waals surface area contributed by atoms with E-state index in [0.29, 0.717) is 29.4 Å². The van der Waals surface area contributed by atoms with Crippen LogP contribution in [0.1, 0.15) is 22.4 Å². The van der Waals surface area contributed by atoms with E-state index in [4.69, 9.17) is 0 Å². The van der Waals surface area contributed by atoms with E-state index in [-0.39, 0.29) is 6.42 Å². The summed E-state index contributed by atoms with van der Waals surface area (Å²) in [7, 11) is 1.63. The average molecular weight is 376 g/mol. The highest BCUT2D eigenvalue weighted by molar-refractivity contribution is 5.86. The van der Waals surface area contributed by atoms with E-state index in [1.807, 2.05) is 24.3 Å². The van der Waals surface area contributed by atoms with Crippen molar-refractivity contribution in [3.8, 4) is 11.3 Å². The molecule has 0 atom stereocenters. The molecule has 2 aromatic carbocycles. The van der Waals surface area contributed by atoms with E-state index in [1.54, 1.807) is 13.3 Å². The van der Waals surface area contributed by atoms with Crippen molar-refractivity contribution in [1.29, 1.82) is 0 Å². The van der Waals surface area contributed by atoms with Crippen LogP contribution in [-0.4, -0.2) is 28.7 Å². The Hall–Kier alpha value is -3.03. The second-order valence-electron chi connectivity index (χ2n) is 6.01. The number of alkyl halides is 3. The molecule has 0 aliphatic rings. The van der Waals surface area contributed by atoms with Crippen molar-refractivity contribution in [2.75, 3.05) is 7.05 Å². The normalized spacial score (nSPS) is 12.0. The van der Waals surface area contributed by atoms with Gasteiger partial charge in [-0.25, -0.2) is 4.39 Å². The van der Waals surface area contributed by atoms with Crippen molar-refractivity contribution in [2.45, 2.75) is 19.0 Å². The molecule has 4 nitrogen and oxygen atoms in total. The van der Waals surface area contributed by atoms with Crippen LogP contribution >= 0.6 is 0 Å². The molecule has 3 aromatic rings. The quantitative estimate of drug-likeness (QED) is 0.528. The zero-order valence-corrected chi connectivity index (χ0v) is 14.4. The molecule has 0 saturated heterocycles. The molecule has 27 heavy (non-hydrogen) atoms. The largest absolute Gasteiger partial charge is 0.416 e. The standard InChI is InChI=1S/C19H16F4N4/c1-24-11-17-18(26-27-25-17)14-4-2-3-12(7-14)5-6-13-8-15(19(21,22)23)10-16(20)9-13/h2-4,7-11H,5-6H2,1H3,(H,25,26,27)/b24-11-. The number of nitrogens with one attached hydrogen (secondary N) is 1. The van der Waals surface area contributed by atoms with Gasteiger partial charge in [-0.3, -0.25) is 10.1 Å². The minimum Gasteiger partial charge on any atom is -0.294 e. The van der Waals surface area contributed by atoms with Gasteiger partial charge in [0.2, 0.25) is 0 Å². The minimum atomic E-state index is -4.57. The highest BCUT2D eigenvalue weighted by Gasteiger charge is 2.31. The number of halogens is 4. The molecule has 1 aromatic heterocycles. The summed E-state index contributed by atoms with van der Waals surface area (Å²) in [6.07, 6.45) is -2.22. The number of aliphatic imine (C=N–C) groups is 1. The minimum absolute atomic E-state index is 0.284. The highest BCUT2D eigenvalue weighted by Crippen LogP contribution is 2.30. The predicted molar refractivity (Wildman–Crippen MR) is 94.1 cm³/mol. The molecule has 8 heteroatoms. The average Bonchev–Trinajstić information content (AvgIpc) is 3.08. The summed E-state index contributed by atoms with van der Waals surface area (Å²) in [6.45, 7) is 0. The van der Waals surface area contributed by atoms with Crippen LogP contribution in [0.4, 0.5) is 17.6 Å². The number of aryl methyl sites for hydroxylation is 2. The predicted octanol–water partition coefficient (Wildman–Crippen LogP) is 4.46. The smallest absolute Gasteiger partial charge is 0.294 e. The molecule has 0 amide bonds. The van der Waals surface area contributed by atoms with Crippen molar-refractivity contribution in [3.63, 3.8) is 0 Å². The van der Waals surface area contributed by atoms with Gasteiger partial charge in [0.25, 0.3) is 0 Å². The fourth-order valence-electron chi connectivity index (χ4n) is 2.79. The van der Waals surface area contributed by atoms with Gasteiger partial charge in [-0.05, 0) is 48.2 Å². The molecule has 0 fully saturated rings. The number of H-pyrrole nitrogens is 1. The van der Waals surface area contributed by atoms with Crippen LogP contribution in [0.15, 0.2) is 47.5 Å². The third-order valence-electron chi connectivity index (χ3n) is 4.02.